The zero-order chi connectivity index (χ0) is 25.3. The molecule has 2 saturated heterocycles. The van der Waals surface area contributed by atoms with E-state index in [-0.39, 0.29) is 0 Å². The zero-order valence-electron chi connectivity index (χ0n) is 19.5. The van der Waals surface area contributed by atoms with Crippen LogP contribution in [0, 0.1) is 0 Å². The van der Waals surface area contributed by atoms with E-state index in [0.717, 1.165) is 55.6 Å². The minimum atomic E-state index is -4.37. The van der Waals surface area contributed by atoms with Gasteiger partial charge in [-0.2, -0.15) is 13.2 Å². The molecule has 0 saturated carbocycles. The first-order valence-electron chi connectivity index (χ1n) is 12.0. The van der Waals surface area contributed by atoms with Crippen LogP contribution in [0.5, 0.6) is 11.5 Å². The van der Waals surface area contributed by atoms with E-state index in [9.17, 15) is 18.0 Å². The predicted octanol–water partition coefficient (Wildman–Crippen LogP) is 6.80. The number of halogens is 3. The maximum atomic E-state index is 12.7. The minimum absolute atomic E-state index is 0.306. The molecular weight excluding hydrogens is 469 g/mol. The summed E-state index contributed by atoms with van der Waals surface area (Å²) >= 11 is 0. The van der Waals surface area contributed by atoms with Gasteiger partial charge >= 0.3 is 12.1 Å². The molecule has 2 N–H and O–H groups in total. The fraction of sp³-hybridized carbons (Fsp3) is 0.321. The number of aromatic carboxylic acids is 1. The zero-order valence-corrected chi connectivity index (χ0v) is 19.5. The normalized spacial score (nSPS) is 21.8. The second kappa shape index (κ2) is 9.85. The molecule has 2 heterocycles. The number of piperidine rings is 1. The van der Waals surface area contributed by atoms with Crippen molar-refractivity contribution in [3.05, 3.63) is 89.5 Å². The van der Waals surface area contributed by atoms with Crippen molar-refractivity contribution in [1.29, 1.82) is 0 Å². The second-order valence-corrected chi connectivity index (χ2v) is 9.52. The smallest absolute Gasteiger partial charge is 0.416 e. The molecule has 0 aromatic heterocycles. The van der Waals surface area contributed by atoms with Gasteiger partial charge in [0.25, 0.3) is 0 Å². The third-order valence-corrected chi connectivity index (χ3v) is 7.09. The number of carboxylic acid groups (broad SMARTS) is 1. The van der Waals surface area contributed by atoms with Crippen LogP contribution in [-0.4, -0.2) is 34.1 Å². The van der Waals surface area contributed by atoms with Gasteiger partial charge in [0.05, 0.1) is 11.1 Å². The summed E-state index contributed by atoms with van der Waals surface area (Å²) < 4.78 is 43.9. The summed E-state index contributed by atoms with van der Waals surface area (Å²) in [5.74, 6) is 0.00191. The number of rotatable bonds is 7. The lowest BCUT2D eigenvalue weighted by molar-refractivity contribution is -0.137. The van der Waals surface area contributed by atoms with Gasteiger partial charge in [-0.3, -0.25) is 4.90 Å². The fourth-order valence-electron chi connectivity index (χ4n) is 5.32. The molecule has 3 atom stereocenters. The van der Waals surface area contributed by atoms with E-state index in [2.05, 4.69) is 10.2 Å². The lowest BCUT2D eigenvalue weighted by Crippen LogP contribution is -2.46. The van der Waals surface area contributed by atoms with Gasteiger partial charge in [0.1, 0.15) is 11.5 Å². The number of carboxylic acids is 1. The van der Waals surface area contributed by atoms with Crippen molar-refractivity contribution in [2.45, 2.75) is 56.5 Å². The highest BCUT2D eigenvalue weighted by Crippen LogP contribution is 2.38. The lowest BCUT2D eigenvalue weighted by atomic mass is 9.96. The van der Waals surface area contributed by atoms with Crippen molar-refractivity contribution in [3.8, 4) is 11.5 Å². The van der Waals surface area contributed by atoms with Crippen molar-refractivity contribution in [3.63, 3.8) is 0 Å². The van der Waals surface area contributed by atoms with Gasteiger partial charge in [0, 0.05) is 30.4 Å². The molecule has 2 fully saturated rings. The highest BCUT2D eigenvalue weighted by atomic mass is 19.4. The number of anilines is 1. The van der Waals surface area contributed by atoms with Crippen molar-refractivity contribution < 1.29 is 27.8 Å². The van der Waals surface area contributed by atoms with Crippen LogP contribution in [0.15, 0.2) is 72.8 Å². The Hall–Kier alpha value is -3.52. The molecule has 5 nitrogen and oxygen atoms in total. The third kappa shape index (κ3) is 5.49. The number of alkyl halides is 3. The van der Waals surface area contributed by atoms with Crippen LogP contribution in [0.1, 0.15) is 47.2 Å². The lowest BCUT2D eigenvalue weighted by Gasteiger charge is -2.39. The Balaban J connectivity index is 1.15. The molecule has 0 amide bonds. The number of fused-ring (bicyclic) bond motifs is 2. The fourth-order valence-corrected chi connectivity index (χ4v) is 5.32. The third-order valence-electron chi connectivity index (χ3n) is 7.09. The molecule has 0 spiro atoms. The largest absolute Gasteiger partial charge is 0.478 e. The number of ether oxygens (including phenoxy) is 1. The highest BCUT2D eigenvalue weighted by molar-refractivity contribution is 5.87. The van der Waals surface area contributed by atoms with E-state index in [1.165, 1.54) is 12.1 Å². The summed E-state index contributed by atoms with van der Waals surface area (Å²) in [6.07, 6.45) is 0.0298. The average Bonchev–Trinajstić information content (AvgIpc) is 3.07. The number of carbonyl (C=O) groups is 1. The van der Waals surface area contributed by atoms with Gasteiger partial charge in [-0.05, 0) is 91.9 Å². The van der Waals surface area contributed by atoms with Crippen LogP contribution in [0.2, 0.25) is 0 Å². The number of nitrogens with one attached hydrogen (secondary N) is 1. The molecule has 5 rings (SSSR count). The van der Waals surface area contributed by atoms with Gasteiger partial charge in [-0.15, -0.1) is 0 Å². The number of nitrogens with zero attached hydrogens (tertiary/aromatic N) is 1. The van der Waals surface area contributed by atoms with Crippen LogP contribution in [0.3, 0.4) is 0 Å². The Morgan fingerprint density at radius 2 is 1.44 bits per heavy atom. The van der Waals surface area contributed by atoms with Gasteiger partial charge in [-0.25, -0.2) is 4.79 Å². The second-order valence-electron chi connectivity index (χ2n) is 9.52. The van der Waals surface area contributed by atoms with Crippen molar-refractivity contribution >= 4 is 11.7 Å². The summed E-state index contributed by atoms with van der Waals surface area (Å²) in [7, 11) is 0. The first-order valence-corrected chi connectivity index (χ1v) is 12.0. The number of hydrogen-bond donors (Lipinski definition) is 2. The molecule has 3 aromatic carbocycles. The Labute approximate surface area is 207 Å². The summed E-state index contributed by atoms with van der Waals surface area (Å²) in [5.41, 5.74) is 1.72. The standard InChI is InChI=1S/C28H27F3N2O3/c29-28(30,31)20-5-11-25(12-6-20)36-26-13-7-21(8-14-26)32-22-15-23-9-10-24(16-22)33(23)17-18-1-3-19(4-2-18)27(34)35/h1-8,11-14,22-24,32H,9-10,15-17H2,(H,34,35)/t22?,23-,24+. The molecule has 188 valence electrons. The molecule has 0 aliphatic carbocycles. The first-order chi connectivity index (χ1) is 17.2. The molecule has 2 aliphatic heterocycles. The summed E-state index contributed by atoms with van der Waals surface area (Å²) in [4.78, 5) is 13.6. The number of hydrogen-bond acceptors (Lipinski definition) is 4. The molecule has 1 unspecified atom stereocenters. The highest BCUT2D eigenvalue weighted by Gasteiger charge is 2.40. The Kier molecular flexibility index (Phi) is 6.62. The topological polar surface area (TPSA) is 61.8 Å². The molecular formula is C28H27F3N2O3. The van der Waals surface area contributed by atoms with E-state index in [0.29, 0.717) is 35.2 Å². The minimum Gasteiger partial charge on any atom is -0.478 e. The summed E-state index contributed by atoms with van der Waals surface area (Å²) in [6.45, 7) is 0.831. The number of benzene rings is 3. The summed E-state index contributed by atoms with van der Waals surface area (Å²) in [5, 5.41) is 12.7. The quantitative estimate of drug-likeness (QED) is 0.377. The van der Waals surface area contributed by atoms with Gasteiger partial charge in [0.2, 0.25) is 0 Å². The van der Waals surface area contributed by atoms with Crippen LogP contribution in [0.25, 0.3) is 0 Å². The van der Waals surface area contributed by atoms with Gasteiger partial charge < -0.3 is 15.2 Å². The molecule has 3 aromatic rings. The molecule has 2 bridgehead atoms. The molecule has 8 heteroatoms. The van der Waals surface area contributed by atoms with E-state index in [1.807, 2.05) is 36.4 Å². The van der Waals surface area contributed by atoms with E-state index >= 15 is 0 Å². The molecule has 2 aliphatic rings. The molecule has 36 heavy (non-hydrogen) atoms. The molecule has 0 radical (unpaired) electrons. The van der Waals surface area contributed by atoms with E-state index in [1.54, 1.807) is 12.1 Å². The Bertz CT molecular complexity index is 1180. The maximum Gasteiger partial charge on any atom is 0.416 e. The van der Waals surface area contributed by atoms with Crippen LogP contribution >= 0.6 is 0 Å². The van der Waals surface area contributed by atoms with Crippen molar-refractivity contribution in [2.75, 3.05) is 5.32 Å². The van der Waals surface area contributed by atoms with Crippen LogP contribution in [0.4, 0.5) is 18.9 Å². The van der Waals surface area contributed by atoms with Crippen LogP contribution < -0.4 is 10.1 Å². The SMILES string of the molecule is O=C(O)c1ccc(CN2[C@@H]3CC[C@H]2CC(Nc2ccc(Oc4ccc(C(F)(F)F)cc4)cc2)C3)cc1. The van der Waals surface area contributed by atoms with Crippen LogP contribution in [-0.2, 0) is 12.7 Å². The Morgan fingerprint density at radius 1 is 0.889 bits per heavy atom. The maximum absolute atomic E-state index is 12.7. The van der Waals surface area contributed by atoms with Crippen molar-refractivity contribution in [2.24, 2.45) is 0 Å². The van der Waals surface area contributed by atoms with E-state index < -0.39 is 17.7 Å². The van der Waals surface area contributed by atoms with E-state index in [4.69, 9.17) is 9.84 Å². The van der Waals surface area contributed by atoms with Gasteiger partial charge in [0.15, 0.2) is 0 Å². The predicted molar refractivity (Wildman–Crippen MR) is 130 cm³/mol. The monoisotopic (exact) mass is 496 g/mol. The summed E-state index contributed by atoms with van der Waals surface area (Å²) in [6, 6.07) is 20.6. The van der Waals surface area contributed by atoms with Gasteiger partial charge in [-0.1, -0.05) is 12.1 Å². The average molecular weight is 497 g/mol. The Morgan fingerprint density at radius 3 is 1.97 bits per heavy atom. The van der Waals surface area contributed by atoms with Crippen molar-refractivity contribution in [1.82, 2.24) is 4.90 Å². The first kappa shape index (κ1) is 24.2.